The summed E-state index contributed by atoms with van der Waals surface area (Å²) in [5.41, 5.74) is 6.27. The summed E-state index contributed by atoms with van der Waals surface area (Å²) >= 11 is 1.52. The normalized spacial score (nSPS) is 10.4. The number of thioether (sulfide) groups is 1. The predicted octanol–water partition coefficient (Wildman–Crippen LogP) is 1.12. The van der Waals surface area contributed by atoms with Gasteiger partial charge in [0.1, 0.15) is 5.82 Å². The number of carbonyl (C=O) groups excluding carboxylic acids is 1. The Labute approximate surface area is 103 Å². The van der Waals surface area contributed by atoms with E-state index in [-0.39, 0.29) is 6.42 Å². The van der Waals surface area contributed by atoms with Crippen LogP contribution in [0.4, 0.5) is 0 Å². The number of nitrogens with two attached hydrogens (primary N) is 1. The summed E-state index contributed by atoms with van der Waals surface area (Å²) in [6, 6.07) is 10.1. The first-order valence-electron chi connectivity index (χ1n) is 5.10. The molecule has 5 nitrogen and oxygen atoms in total. The van der Waals surface area contributed by atoms with Crippen molar-refractivity contribution in [1.82, 2.24) is 15.2 Å². The molecule has 88 valence electrons. The van der Waals surface area contributed by atoms with Crippen LogP contribution in [-0.4, -0.2) is 21.1 Å². The Morgan fingerprint density at radius 2 is 2.12 bits per heavy atom. The lowest BCUT2D eigenvalue weighted by Gasteiger charge is -1.96. The number of rotatable bonds is 5. The van der Waals surface area contributed by atoms with Crippen molar-refractivity contribution in [2.75, 3.05) is 0 Å². The third kappa shape index (κ3) is 3.60. The number of amides is 1. The van der Waals surface area contributed by atoms with Crippen molar-refractivity contribution in [3.05, 3.63) is 41.7 Å². The van der Waals surface area contributed by atoms with Crippen LogP contribution in [0.2, 0.25) is 0 Å². The van der Waals surface area contributed by atoms with E-state index in [9.17, 15) is 4.79 Å². The first kappa shape index (κ1) is 11.7. The standard InChI is InChI=1S/C11H12N4OS/c12-9(16)6-10-13-11(15-14-10)17-7-8-4-2-1-3-5-8/h1-5H,6-7H2,(H2,12,16)(H,13,14,15). The number of hydrogen-bond acceptors (Lipinski definition) is 4. The molecule has 2 aromatic rings. The van der Waals surface area contributed by atoms with Gasteiger partial charge in [-0.15, -0.1) is 5.10 Å². The van der Waals surface area contributed by atoms with Crippen molar-refractivity contribution in [2.24, 2.45) is 5.73 Å². The monoisotopic (exact) mass is 248 g/mol. The van der Waals surface area contributed by atoms with E-state index in [1.807, 2.05) is 30.3 Å². The van der Waals surface area contributed by atoms with Gasteiger partial charge in [0.2, 0.25) is 11.1 Å². The minimum Gasteiger partial charge on any atom is -0.369 e. The maximum atomic E-state index is 10.7. The lowest BCUT2D eigenvalue weighted by molar-refractivity contribution is -0.117. The predicted molar refractivity (Wildman–Crippen MR) is 65.3 cm³/mol. The third-order valence-electron chi connectivity index (χ3n) is 2.06. The number of primary amides is 1. The van der Waals surface area contributed by atoms with Crippen LogP contribution in [0.15, 0.2) is 35.5 Å². The molecule has 0 radical (unpaired) electrons. The molecule has 17 heavy (non-hydrogen) atoms. The third-order valence-corrected chi connectivity index (χ3v) is 2.98. The van der Waals surface area contributed by atoms with Crippen molar-refractivity contribution < 1.29 is 4.79 Å². The van der Waals surface area contributed by atoms with E-state index in [0.717, 1.165) is 5.75 Å². The van der Waals surface area contributed by atoms with Crippen molar-refractivity contribution >= 4 is 17.7 Å². The van der Waals surface area contributed by atoms with Crippen LogP contribution >= 0.6 is 11.8 Å². The SMILES string of the molecule is NC(=O)Cc1nc(SCc2ccccc2)n[nH]1. The number of nitrogens with zero attached hydrogens (tertiary/aromatic N) is 2. The van der Waals surface area contributed by atoms with E-state index in [1.165, 1.54) is 17.3 Å². The Morgan fingerprint density at radius 3 is 2.82 bits per heavy atom. The van der Waals surface area contributed by atoms with Gasteiger partial charge in [-0.1, -0.05) is 42.1 Å². The molecule has 0 fully saturated rings. The smallest absolute Gasteiger partial charge is 0.225 e. The average molecular weight is 248 g/mol. The number of benzene rings is 1. The molecule has 0 spiro atoms. The van der Waals surface area contributed by atoms with E-state index in [1.54, 1.807) is 0 Å². The molecule has 6 heteroatoms. The highest BCUT2D eigenvalue weighted by Gasteiger charge is 2.06. The zero-order valence-corrected chi connectivity index (χ0v) is 9.91. The molecule has 0 saturated heterocycles. The second kappa shape index (κ2) is 5.49. The number of carbonyl (C=O) groups is 1. The highest BCUT2D eigenvalue weighted by atomic mass is 32.2. The van der Waals surface area contributed by atoms with Crippen molar-refractivity contribution in [1.29, 1.82) is 0 Å². The molecule has 1 aromatic carbocycles. The molecule has 2 rings (SSSR count). The Hall–Kier alpha value is -1.82. The fourth-order valence-electron chi connectivity index (χ4n) is 1.31. The van der Waals surface area contributed by atoms with Gasteiger partial charge in [-0.3, -0.25) is 9.89 Å². The summed E-state index contributed by atoms with van der Waals surface area (Å²) in [5, 5.41) is 7.32. The van der Waals surface area contributed by atoms with Crippen LogP contribution in [0, 0.1) is 0 Å². The second-order valence-electron chi connectivity index (χ2n) is 3.48. The summed E-state index contributed by atoms with van der Waals surface area (Å²) in [6.45, 7) is 0. The van der Waals surface area contributed by atoms with Gasteiger partial charge < -0.3 is 5.73 Å². The molecule has 0 atom stereocenters. The molecule has 3 N–H and O–H groups in total. The molecule has 1 amide bonds. The van der Waals surface area contributed by atoms with E-state index < -0.39 is 5.91 Å². The van der Waals surface area contributed by atoms with Gasteiger partial charge in [-0.2, -0.15) is 0 Å². The first-order valence-corrected chi connectivity index (χ1v) is 6.09. The fraction of sp³-hybridized carbons (Fsp3) is 0.182. The molecule has 0 aliphatic rings. The van der Waals surface area contributed by atoms with Crippen molar-refractivity contribution in [2.45, 2.75) is 17.3 Å². The summed E-state index contributed by atoms with van der Waals surface area (Å²) in [5.74, 6) is 0.892. The molecule has 0 bridgehead atoms. The molecule has 0 unspecified atom stereocenters. The molecule has 1 heterocycles. The highest BCUT2D eigenvalue weighted by Crippen LogP contribution is 2.18. The molecular formula is C11H12N4OS. The van der Waals surface area contributed by atoms with Crippen molar-refractivity contribution in [3.63, 3.8) is 0 Å². The minimum absolute atomic E-state index is 0.0961. The molecular weight excluding hydrogens is 236 g/mol. The van der Waals surface area contributed by atoms with Crippen molar-refractivity contribution in [3.8, 4) is 0 Å². The minimum atomic E-state index is -0.416. The van der Waals surface area contributed by atoms with E-state index in [0.29, 0.717) is 11.0 Å². The lowest BCUT2D eigenvalue weighted by Crippen LogP contribution is -2.14. The Bertz CT molecular complexity index is 497. The molecule has 1 aromatic heterocycles. The van der Waals surface area contributed by atoms with Crippen LogP contribution in [0.25, 0.3) is 0 Å². The fourth-order valence-corrected chi connectivity index (χ4v) is 2.08. The quantitative estimate of drug-likeness (QED) is 0.777. The zero-order valence-electron chi connectivity index (χ0n) is 9.09. The second-order valence-corrected chi connectivity index (χ2v) is 4.42. The van der Waals surface area contributed by atoms with E-state index in [4.69, 9.17) is 5.73 Å². The molecule has 0 aliphatic carbocycles. The number of nitrogens with one attached hydrogen (secondary N) is 1. The maximum absolute atomic E-state index is 10.7. The summed E-state index contributed by atoms with van der Waals surface area (Å²) < 4.78 is 0. The van der Waals surface area contributed by atoms with Crippen LogP contribution < -0.4 is 5.73 Å². The number of H-pyrrole nitrogens is 1. The van der Waals surface area contributed by atoms with Crippen LogP contribution in [0.5, 0.6) is 0 Å². The Morgan fingerprint density at radius 1 is 1.35 bits per heavy atom. The largest absolute Gasteiger partial charge is 0.369 e. The number of aromatic nitrogens is 3. The Balaban J connectivity index is 1.91. The van der Waals surface area contributed by atoms with Gasteiger partial charge in [0.25, 0.3) is 0 Å². The summed E-state index contributed by atoms with van der Waals surface area (Å²) in [4.78, 5) is 14.8. The highest BCUT2D eigenvalue weighted by molar-refractivity contribution is 7.98. The average Bonchev–Trinajstić information content (AvgIpc) is 2.75. The van der Waals surface area contributed by atoms with Gasteiger partial charge in [-0.05, 0) is 5.56 Å². The number of aromatic amines is 1. The van der Waals surface area contributed by atoms with E-state index >= 15 is 0 Å². The van der Waals surface area contributed by atoms with Crippen LogP contribution in [-0.2, 0) is 17.0 Å². The van der Waals surface area contributed by atoms with Gasteiger partial charge in [0.05, 0.1) is 6.42 Å². The van der Waals surface area contributed by atoms with E-state index in [2.05, 4.69) is 15.2 Å². The summed E-state index contributed by atoms with van der Waals surface area (Å²) in [6.07, 6.45) is 0.0961. The van der Waals surface area contributed by atoms with Gasteiger partial charge in [0, 0.05) is 5.75 Å². The Kier molecular flexibility index (Phi) is 3.77. The molecule has 0 aliphatic heterocycles. The summed E-state index contributed by atoms with van der Waals surface area (Å²) in [7, 11) is 0. The van der Waals surface area contributed by atoms with Gasteiger partial charge in [-0.25, -0.2) is 4.98 Å². The number of hydrogen-bond donors (Lipinski definition) is 2. The lowest BCUT2D eigenvalue weighted by atomic mass is 10.2. The van der Waals surface area contributed by atoms with Crippen LogP contribution in [0.1, 0.15) is 11.4 Å². The zero-order chi connectivity index (χ0) is 12.1. The van der Waals surface area contributed by atoms with Crippen LogP contribution in [0.3, 0.4) is 0 Å². The van der Waals surface area contributed by atoms with Gasteiger partial charge in [0.15, 0.2) is 0 Å². The molecule has 0 saturated carbocycles. The topological polar surface area (TPSA) is 84.7 Å². The van der Waals surface area contributed by atoms with Gasteiger partial charge >= 0.3 is 0 Å². The first-order chi connectivity index (χ1) is 8.24. The maximum Gasteiger partial charge on any atom is 0.225 e.